The fourth-order valence-electron chi connectivity index (χ4n) is 1.40. The lowest BCUT2D eigenvalue weighted by molar-refractivity contribution is -0.0498. The molecule has 0 aliphatic heterocycles. The van der Waals surface area contributed by atoms with E-state index in [-0.39, 0.29) is 5.75 Å². The molecule has 2 nitrogen and oxygen atoms in total. The van der Waals surface area contributed by atoms with Crippen molar-refractivity contribution in [1.82, 2.24) is 0 Å². The molecule has 0 radical (unpaired) electrons. The lowest BCUT2D eigenvalue weighted by Crippen LogP contribution is -2.02. The maximum absolute atomic E-state index is 12.0. The monoisotopic (exact) mass is 280 g/mol. The minimum atomic E-state index is -2.85. The smallest absolute Gasteiger partial charge is 0.387 e. The lowest BCUT2D eigenvalue weighted by atomic mass is 10.1. The minimum absolute atomic E-state index is 0.0529. The van der Waals surface area contributed by atoms with Gasteiger partial charge >= 0.3 is 6.61 Å². The zero-order valence-electron chi connectivity index (χ0n) is 9.72. The Morgan fingerprint density at radius 2 is 1.89 bits per heavy atom. The van der Waals surface area contributed by atoms with E-state index in [0.717, 1.165) is 4.88 Å². The maximum Gasteiger partial charge on any atom is 0.387 e. The first-order chi connectivity index (χ1) is 9.15. The van der Waals surface area contributed by atoms with Gasteiger partial charge in [-0.05, 0) is 29.1 Å². The predicted molar refractivity (Wildman–Crippen MR) is 69.2 cm³/mol. The second-order valence-electron chi connectivity index (χ2n) is 3.60. The number of alkyl halides is 2. The number of benzene rings is 1. The van der Waals surface area contributed by atoms with Crippen LogP contribution in [0.1, 0.15) is 16.5 Å². The first-order valence-corrected chi connectivity index (χ1v) is 6.31. The van der Waals surface area contributed by atoms with Crippen molar-refractivity contribution in [3.05, 3.63) is 52.2 Å². The third kappa shape index (κ3) is 4.05. The van der Waals surface area contributed by atoms with E-state index < -0.39 is 12.7 Å². The summed E-state index contributed by atoms with van der Waals surface area (Å²) in [5.41, 5.74) is 0.533. The van der Waals surface area contributed by atoms with Gasteiger partial charge in [0.1, 0.15) is 11.9 Å². The van der Waals surface area contributed by atoms with Gasteiger partial charge < -0.3 is 9.84 Å². The van der Waals surface area contributed by atoms with E-state index in [1.54, 1.807) is 0 Å². The molecule has 1 atom stereocenters. The van der Waals surface area contributed by atoms with Crippen LogP contribution in [-0.4, -0.2) is 11.7 Å². The molecule has 1 aromatic heterocycles. The number of hydrogen-bond acceptors (Lipinski definition) is 3. The van der Waals surface area contributed by atoms with E-state index in [9.17, 15) is 13.9 Å². The zero-order valence-corrected chi connectivity index (χ0v) is 10.5. The predicted octanol–water partition coefficient (Wildman–Crippen LogP) is 3.43. The molecule has 98 valence electrons. The molecule has 1 aromatic carbocycles. The zero-order chi connectivity index (χ0) is 13.7. The summed E-state index contributed by atoms with van der Waals surface area (Å²) in [4.78, 5) is 0.858. The van der Waals surface area contributed by atoms with Gasteiger partial charge in [0.15, 0.2) is 0 Å². The molecule has 2 rings (SSSR count). The SMILES string of the molecule is OC(C#Cc1cccs1)c1ccc(OC(F)F)cc1. The Bertz CT molecular complexity index is 568. The lowest BCUT2D eigenvalue weighted by Gasteiger charge is -2.06. The highest BCUT2D eigenvalue weighted by molar-refractivity contribution is 7.10. The second-order valence-corrected chi connectivity index (χ2v) is 4.54. The minimum Gasteiger partial charge on any atom is -0.435 e. The fraction of sp³-hybridized carbons (Fsp3) is 0.143. The van der Waals surface area contributed by atoms with Crippen LogP contribution in [0, 0.1) is 11.8 Å². The largest absolute Gasteiger partial charge is 0.435 e. The van der Waals surface area contributed by atoms with Gasteiger partial charge in [0.2, 0.25) is 0 Å². The van der Waals surface area contributed by atoms with E-state index in [2.05, 4.69) is 16.6 Å². The number of rotatable bonds is 3. The Balaban J connectivity index is 2.05. The van der Waals surface area contributed by atoms with Crippen LogP contribution in [0.15, 0.2) is 41.8 Å². The Kier molecular flexibility index (Phi) is 4.50. The molecule has 0 saturated heterocycles. The molecule has 0 spiro atoms. The molecule has 19 heavy (non-hydrogen) atoms. The van der Waals surface area contributed by atoms with E-state index in [1.165, 1.54) is 35.6 Å². The average molecular weight is 280 g/mol. The molecule has 5 heteroatoms. The van der Waals surface area contributed by atoms with Crippen molar-refractivity contribution in [1.29, 1.82) is 0 Å². The summed E-state index contributed by atoms with van der Waals surface area (Å²) in [5.74, 6) is 5.58. The van der Waals surface area contributed by atoms with Crippen molar-refractivity contribution in [2.45, 2.75) is 12.7 Å². The highest BCUT2D eigenvalue weighted by Gasteiger charge is 2.06. The highest BCUT2D eigenvalue weighted by atomic mass is 32.1. The first-order valence-electron chi connectivity index (χ1n) is 5.43. The molecule has 0 bridgehead atoms. The standard InChI is InChI=1S/C14H10F2O2S/c15-14(16)18-11-5-3-10(4-6-11)13(17)8-7-12-2-1-9-19-12/h1-6,9,13-14,17H. The summed E-state index contributed by atoms with van der Waals surface area (Å²) < 4.78 is 28.1. The van der Waals surface area contributed by atoms with Gasteiger partial charge in [-0.25, -0.2) is 0 Å². The third-order valence-electron chi connectivity index (χ3n) is 2.27. The Morgan fingerprint density at radius 3 is 2.47 bits per heavy atom. The van der Waals surface area contributed by atoms with Crippen LogP contribution in [0.25, 0.3) is 0 Å². The van der Waals surface area contributed by atoms with E-state index in [4.69, 9.17) is 0 Å². The van der Waals surface area contributed by atoms with Gasteiger partial charge in [0.05, 0.1) is 4.88 Å². The number of hydrogen-bond donors (Lipinski definition) is 1. The molecule has 1 unspecified atom stereocenters. The van der Waals surface area contributed by atoms with Gasteiger partial charge in [-0.3, -0.25) is 0 Å². The molecular formula is C14H10F2O2S. The Morgan fingerprint density at radius 1 is 1.16 bits per heavy atom. The van der Waals surface area contributed by atoms with Gasteiger partial charge in [-0.1, -0.05) is 30.0 Å². The molecule has 1 heterocycles. The molecular weight excluding hydrogens is 270 g/mol. The van der Waals surface area contributed by atoms with Crippen LogP contribution in [0.3, 0.4) is 0 Å². The van der Waals surface area contributed by atoms with Crippen molar-refractivity contribution in [3.63, 3.8) is 0 Å². The van der Waals surface area contributed by atoms with Crippen LogP contribution in [0.5, 0.6) is 5.75 Å². The van der Waals surface area contributed by atoms with Crippen LogP contribution < -0.4 is 4.74 Å². The van der Waals surface area contributed by atoms with Crippen LogP contribution in [0.4, 0.5) is 8.78 Å². The number of aliphatic hydroxyl groups excluding tert-OH is 1. The number of aliphatic hydroxyl groups is 1. The molecule has 1 N–H and O–H groups in total. The summed E-state index contributed by atoms with van der Waals surface area (Å²) in [7, 11) is 0. The van der Waals surface area contributed by atoms with E-state index >= 15 is 0 Å². The maximum atomic E-state index is 12.0. The summed E-state index contributed by atoms with van der Waals surface area (Å²) in [6.07, 6.45) is -0.956. The molecule has 0 aliphatic carbocycles. The number of halogens is 2. The molecule has 0 fully saturated rings. The average Bonchev–Trinajstić information content (AvgIpc) is 2.89. The quantitative estimate of drug-likeness (QED) is 0.873. The first kappa shape index (κ1) is 13.5. The third-order valence-corrected chi connectivity index (χ3v) is 3.06. The van der Waals surface area contributed by atoms with Crippen molar-refractivity contribution >= 4 is 11.3 Å². The number of thiophene rings is 1. The summed E-state index contributed by atoms with van der Waals surface area (Å²) in [6.45, 7) is -2.85. The van der Waals surface area contributed by atoms with Crippen LogP contribution >= 0.6 is 11.3 Å². The topological polar surface area (TPSA) is 29.5 Å². The van der Waals surface area contributed by atoms with Gasteiger partial charge in [-0.15, -0.1) is 11.3 Å². The fourth-order valence-corrected chi connectivity index (χ4v) is 1.98. The van der Waals surface area contributed by atoms with E-state index in [1.807, 2.05) is 17.5 Å². The van der Waals surface area contributed by atoms with Gasteiger partial charge in [0, 0.05) is 0 Å². The van der Waals surface area contributed by atoms with Crippen molar-refractivity contribution in [2.75, 3.05) is 0 Å². The van der Waals surface area contributed by atoms with Gasteiger partial charge in [0.25, 0.3) is 0 Å². The van der Waals surface area contributed by atoms with Crippen LogP contribution in [0.2, 0.25) is 0 Å². The van der Waals surface area contributed by atoms with Crippen molar-refractivity contribution < 1.29 is 18.6 Å². The molecule has 2 aromatic rings. The van der Waals surface area contributed by atoms with Crippen molar-refractivity contribution in [2.24, 2.45) is 0 Å². The molecule has 0 saturated carbocycles. The molecule has 0 aliphatic rings. The van der Waals surface area contributed by atoms with Gasteiger partial charge in [-0.2, -0.15) is 8.78 Å². The summed E-state index contributed by atoms with van der Waals surface area (Å²) >= 11 is 1.48. The normalized spacial score (nSPS) is 11.8. The van der Waals surface area contributed by atoms with E-state index in [0.29, 0.717) is 5.56 Å². The summed E-state index contributed by atoms with van der Waals surface area (Å²) in [6, 6.07) is 9.48. The second kappa shape index (κ2) is 6.32. The molecule has 0 amide bonds. The van der Waals surface area contributed by atoms with Crippen LogP contribution in [-0.2, 0) is 0 Å². The summed E-state index contributed by atoms with van der Waals surface area (Å²) in [5, 5.41) is 11.7. The highest BCUT2D eigenvalue weighted by Crippen LogP contribution is 2.19. The Labute approximate surface area is 113 Å². The Hall–Kier alpha value is -1.90. The number of ether oxygens (including phenoxy) is 1. The van der Waals surface area contributed by atoms with Crippen molar-refractivity contribution in [3.8, 4) is 17.6 Å².